The van der Waals surface area contributed by atoms with Gasteiger partial charge < -0.3 is 10.5 Å². The minimum Gasteiger partial charge on any atom is -0.468 e. The number of thioether (sulfide) groups is 1. The van der Waals surface area contributed by atoms with E-state index in [9.17, 15) is 4.79 Å². The molecule has 9 heteroatoms. The number of rotatable bonds is 5. The molecule has 2 heterocycles. The second kappa shape index (κ2) is 7.51. The fourth-order valence-corrected chi connectivity index (χ4v) is 3.27. The number of halogens is 1. The van der Waals surface area contributed by atoms with E-state index in [1.54, 1.807) is 0 Å². The van der Waals surface area contributed by atoms with Crippen molar-refractivity contribution in [2.75, 3.05) is 18.6 Å². The van der Waals surface area contributed by atoms with E-state index < -0.39 is 0 Å². The van der Waals surface area contributed by atoms with Crippen LogP contribution in [0.2, 0.25) is 5.02 Å². The van der Waals surface area contributed by atoms with E-state index in [4.69, 9.17) is 17.3 Å². The van der Waals surface area contributed by atoms with Crippen molar-refractivity contribution >= 4 is 40.9 Å². The first-order valence-corrected chi connectivity index (χ1v) is 9.28. The van der Waals surface area contributed by atoms with Crippen molar-refractivity contribution in [1.82, 2.24) is 19.6 Å². The Morgan fingerprint density at radius 1 is 1.31 bits per heavy atom. The van der Waals surface area contributed by atoms with E-state index in [1.807, 2.05) is 38.1 Å². The molecule has 7 nitrogen and oxygen atoms in total. The van der Waals surface area contributed by atoms with Crippen molar-refractivity contribution in [3.05, 3.63) is 35.0 Å². The molecule has 0 bridgehead atoms. The number of hydrogen-bond acceptors (Lipinski definition) is 7. The summed E-state index contributed by atoms with van der Waals surface area (Å²) >= 11 is 7.17. The third-order valence-corrected chi connectivity index (χ3v) is 4.82. The van der Waals surface area contributed by atoms with Crippen molar-refractivity contribution in [2.24, 2.45) is 0 Å². The largest absolute Gasteiger partial charge is 0.468 e. The van der Waals surface area contributed by atoms with Gasteiger partial charge in [0.2, 0.25) is 5.16 Å². The lowest BCUT2D eigenvalue weighted by Crippen LogP contribution is -2.08. The number of nitrogens with zero attached hydrogens (tertiary/aromatic N) is 4. The molecule has 2 N–H and O–H groups in total. The van der Waals surface area contributed by atoms with Gasteiger partial charge in [0.05, 0.1) is 18.6 Å². The number of benzene rings is 1. The van der Waals surface area contributed by atoms with Gasteiger partial charge in [-0.05, 0) is 23.6 Å². The maximum Gasteiger partial charge on any atom is 0.316 e. The Hall–Kier alpha value is -2.32. The lowest BCUT2D eigenvalue weighted by atomic mass is 9.98. The summed E-state index contributed by atoms with van der Waals surface area (Å²) in [5, 5.41) is 5.43. The van der Waals surface area contributed by atoms with Crippen LogP contribution < -0.4 is 5.73 Å². The second-order valence-corrected chi connectivity index (χ2v) is 7.27. The van der Waals surface area contributed by atoms with E-state index >= 15 is 0 Å². The summed E-state index contributed by atoms with van der Waals surface area (Å²) in [6.07, 6.45) is 0. The maximum absolute atomic E-state index is 11.3. The maximum atomic E-state index is 11.3. The van der Waals surface area contributed by atoms with Crippen LogP contribution in [0.4, 0.5) is 5.82 Å². The van der Waals surface area contributed by atoms with Gasteiger partial charge in [-0.1, -0.05) is 49.3 Å². The van der Waals surface area contributed by atoms with Crippen molar-refractivity contribution in [3.63, 3.8) is 0 Å². The molecule has 0 amide bonds. The SMILES string of the molecule is COC(=O)CSc1nc2nc(C(C)C)c(-c3ccc(Cl)cc3)c(N)n2n1. The van der Waals surface area contributed by atoms with Gasteiger partial charge in [0.1, 0.15) is 5.82 Å². The summed E-state index contributed by atoms with van der Waals surface area (Å²) in [6.45, 7) is 4.09. The van der Waals surface area contributed by atoms with E-state index in [1.165, 1.54) is 23.4 Å². The fourth-order valence-electron chi connectivity index (χ4n) is 2.49. The van der Waals surface area contributed by atoms with Crippen molar-refractivity contribution in [1.29, 1.82) is 0 Å². The lowest BCUT2D eigenvalue weighted by Gasteiger charge is -2.15. The molecule has 0 spiro atoms. The Morgan fingerprint density at radius 3 is 2.62 bits per heavy atom. The Labute approximate surface area is 159 Å². The zero-order valence-corrected chi connectivity index (χ0v) is 16.1. The molecule has 0 saturated carbocycles. The van der Waals surface area contributed by atoms with Gasteiger partial charge in [-0.25, -0.2) is 4.98 Å². The molecular formula is C17H18ClN5O2S. The number of nitrogen functional groups attached to an aromatic ring is 1. The quantitative estimate of drug-likeness (QED) is 0.525. The monoisotopic (exact) mass is 391 g/mol. The van der Waals surface area contributed by atoms with E-state index in [0.29, 0.717) is 21.8 Å². The highest BCUT2D eigenvalue weighted by Gasteiger charge is 2.20. The first kappa shape index (κ1) is 18.5. The first-order chi connectivity index (χ1) is 12.4. The topological polar surface area (TPSA) is 95.4 Å². The van der Waals surface area contributed by atoms with E-state index in [0.717, 1.165) is 16.8 Å². The Bertz CT molecular complexity index is 956. The number of esters is 1. The molecule has 0 saturated heterocycles. The molecule has 0 aliphatic carbocycles. The average molecular weight is 392 g/mol. The van der Waals surface area contributed by atoms with Crippen LogP contribution in [0, 0.1) is 0 Å². The Balaban J connectivity index is 2.11. The number of carbonyl (C=O) groups excluding carboxylic acids is 1. The molecule has 26 heavy (non-hydrogen) atoms. The van der Waals surface area contributed by atoms with Gasteiger partial charge in [0, 0.05) is 10.6 Å². The van der Waals surface area contributed by atoms with Gasteiger partial charge in [0.25, 0.3) is 5.78 Å². The third-order valence-electron chi connectivity index (χ3n) is 3.76. The first-order valence-electron chi connectivity index (χ1n) is 7.92. The molecule has 0 radical (unpaired) electrons. The number of methoxy groups -OCH3 is 1. The summed E-state index contributed by atoms with van der Waals surface area (Å²) in [5.41, 5.74) is 8.95. The summed E-state index contributed by atoms with van der Waals surface area (Å²) < 4.78 is 6.13. The van der Waals surface area contributed by atoms with Crippen LogP contribution in [0.1, 0.15) is 25.5 Å². The zero-order valence-electron chi connectivity index (χ0n) is 14.6. The highest BCUT2D eigenvalue weighted by molar-refractivity contribution is 7.99. The molecule has 0 fully saturated rings. The number of fused-ring (bicyclic) bond motifs is 1. The molecule has 2 aromatic heterocycles. The number of carbonyl (C=O) groups is 1. The summed E-state index contributed by atoms with van der Waals surface area (Å²) in [7, 11) is 1.34. The van der Waals surface area contributed by atoms with Crippen LogP contribution in [-0.4, -0.2) is 38.4 Å². The number of anilines is 1. The molecular weight excluding hydrogens is 374 g/mol. The molecule has 0 unspecified atom stereocenters. The van der Waals surface area contributed by atoms with Gasteiger partial charge in [-0.15, -0.1) is 5.10 Å². The van der Waals surface area contributed by atoms with Crippen LogP contribution in [0.25, 0.3) is 16.9 Å². The molecule has 0 atom stereocenters. The van der Waals surface area contributed by atoms with E-state index in [2.05, 4.69) is 19.8 Å². The van der Waals surface area contributed by atoms with Crippen LogP contribution in [-0.2, 0) is 9.53 Å². The minimum absolute atomic E-state index is 0.119. The highest BCUT2D eigenvalue weighted by atomic mass is 35.5. The Morgan fingerprint density at radius 2 is 2.00 bits per heavy atom. The molecule has 3 rings (SSSR count). The van der Waals surface area contributed by atoms with Crippen LogP contribution in [0.3, 0.4) is 0 Å². The van der Waals surface area contributed by atoms with Crippen LogP contribution in [0.5, 0.6) is 0 Å². The van der Waals surface area contributed by atoms with Gasteiger partial charge >= 0.3 is 5.97 Å². The summed E-state index contributed by atoms with van der Waals surface area (Å²) in [4.78, 5) is 20.3. The normalized spacial score (nSPS) is 11.3. The smallest absolute Gasteiger partial charge is 0.316 e. The second-order valence-electron chi connectivity index (χ2n) is 5.89. The van der Waals surface area contributed by atoms with Crippen LogP contribution >= 0.6 is 23.4 Å². The van der Waals surface area contributed by atoms with Gasteiger partial charge in [0.15, 0.2) is 0 Å². The average Bonchev–Trinajstić information content (AvgIpc) is 3.04. The van der Waals surface area contributed by atoms with Crippen molar-refractivity contribution < 1.29 is 9.53 Å². The predicted molar refractivity (Wildman–Crippen MR) is 102 cm³/mol. The number of nitrogens with two attached hydrogens (primary N) is 1. The molecule has 3 aromatic rings. The molecule has 1 aromatic carbocycles. The Kier molecular flexibility index (Phi) is 5.33. The number of hydrogen-bond donors (Lipinski definition) is 1. The molecule has 0 aliphatic heterocycles. The van der Waals surface area contributed by atoms with Crippen molar-refractivity contribution in [2.45, 2.75) is 24.9 Å². The standard InChI is InChI=1S/C17H18ClN5O2S/c1-9(2)14-13(10-4-6-11(18)7-5-10)15(19)23-16(20-14)21-17(22-23)26-8-12(24)25-3/h4-7,9H,8,19H2,1-3H3. The van der Waals surface area contributed by atoms with Gasteiger partial charge in [-0.2, -0.15) is 9.50 Å². The summed E-state index contributed by atoms with van der Waals surface area (Å²) in [6, 6.07) is 7.42. The third kappa shape index (κ3) is 3.61. The highest BCUT2D eigenvalue weighted by Crippen LogP contribution is 2.34. The molecule has 0 aliphatic rings. The summed E-state index contributed by atoms with van der Waals surface area (Å²) in [5.74, 6) is 0.749. The molecule has 136 valence electrons. The number of aromatic nitrogens is 4. The van der Waals surface area contributed by atoms with E-state index in [-0.39, 0.29) is 17.6 Å². The van der Waals surface area contributed by atoms with Crippen molar-refractivity contribution in [3.8, 4) is 11.1 Å². The zero-order chi connectivity index (χ0) is 18.8. The van der Waals surface area contributed by atoms with Gasteiger partial charge in [-0.3, -0.25) is 4.79 Å². The number of ether oxygens (including phenoxy) is 1. The lowest BCUT2D eigenvalue weighted by molar-refractivity contribution is -0.137. The fraction of sp³-hybridized carbons (Fsp3) is 0.294. The minimum atomic E-state index is -0.348. The predicted octanol–water partition coefficient (Wildman–Crippen LogP) is 3.42. The van der Waals surface area contributed by atoms with Crippen LogP contribution in [0.15, 0.2) is 29.4 Å².